The van der Waals surface area contributed by atoms with Crippen LogP contribution in [-0.2, 0) is 0 Å². The molecule has 0 aliphatic carbocycles. The van der Waals surface area contributed by atoms with Crippen LogP contribution in [0.15, 0.2) is 0 Å². The normalized spacial score (nSPS) is 10.4. The van der Waals surface area contributed by atoms with E-state index in [4.69, 9.17) is 0.939 Å². The lowest BCUT2D eigenvalue weighted by atomic mass is 10.9. The van der Waals surface area contributed by atoms with Gasteiger partial charge in [0, 0.05) is 0 Å². The zero-order valence-electron chi connectivity index (χ0n) is 4.99. The van der Waals surface area contributed by atoms with Crippen molar-refractivity contribution in [2.24, 2.45) is 0 Å². The summed E-state index contributed by atoms with van der Waals surface area (Å²) in [6, 6.07) is 0. The number of hydrogen-bond acceptors (Lipinski definition) is 0. The predicted octanol–water partition coefficient (Wildman–Crippen LogP) is 1.30. The maximum absolute atomic E-state index is 7.21. The molecule has 0 rings (SSSR count). The molecule has 0 saturated carbocycles. The summed E-state index contributed by atoms with van der Waals surface area (Å²) >= 11 is -0.910. The van der Waals surface area contributed by atoms with Gasteiger partial charge in [0.15, 0.2) is 0 Å². The van der Waals surface area contributed by atoms with Crippen LogP contribution in [0.2, 0.25) is 10.6 Å². The molecule has 0 aromatic carbocycles. The second-order valence-electron chi connectivity index (χ2n) is 1.11. The Kier molecular flexibility index (Phi) is 3.37. The third-order valence-electron chi connectivity index (χ3n) is 0.577. The summed E-state index contributed by atoms with van der Waals surface area (Å²) in [7, 11) is 0. The van der Waals surface area contributed by atoms with Crippen molar-refractivity contribution in [1.29, 1.82) is 0.939 Å². The predicted molar refractivity (Wildman–Crippen MR) is 28.1 cm³/mol. The molecule has 0 nitrogen and oxygen atoms in total. The average Bonchev–Trinajstić information content (AvgIpc) is 1.65. The minimum Gasteiger partial charge on any atom is -0.100 e. The number of rotatable bonds is 2. The molecule has 0 atom stereocenters. The minimum absolute atomic E-state index is 0.910. The quantitative estimate of drug-likeness (QED) is 0.445. The van der Waals surface area contributed by atoms with E-state index < -0.39 is 15.1 Å². The Labute approximate surface area is 41.2 Å². The molecular weight excluding hydrogens is 75.0 g/mol. The van der Waals surface area contributed by atoms with Crippen molar-refractivity contribution in [3.63, 3.8) is 0 Å². The molecule has 0 aliphatic heterocycles. The minimum atomic E-state index is -0.910. The van der Waals surface area contributed by atoms with Crippen LogP contribution in [0, 0.1) is 0 Å². The first-order chi connectivity index (χ1) is 2.81. The van der Waals surface area contributed by atoms with E-state index in [0.717, 1.165) is 10.6 Å². The summed E-state index contributed by atoms with van der Waals surface area (Å²) in [6.45, 7) is 4.21. The Balaban J connectivity index is 2.75. The van der Waals surface area contributed by atoms with Crippen molar-refractivity contribution in [2.45, 2.75) is 24.4 Å². The highest BCUT2D eigenvalue weighted by molar-refractivity contribution is 6.34. The molecule has 0 N–H and O–H groups in total. The van der Waals surface area contributed by atoms with Gasteiger partial charge in [-0.3, -0.25) is 0 Å². The van der Waals surface area contributed by atoms with E-state index in [-0.39, 0.29) is 0 Å². The highest BCUT2D eigenvalue weighted by Crippen LogP contribution is 1.77. The molecule has 0 aliphatic rings. The van der Waals surface area contributed by atoms with Gasteiger partial charge in [0.1, 0.15) is 0 Å². The maximum Gasteiger partial charge on any atom is 0.236 e. The van der Waals surface area contributed by atoms with Gasteiger partial charge < -0.3 is 0 Å². The third-order valence-corrected chi connectivity index (χ3v) is 1.73. The lowest BCUT2D eigenvalue weighted by Crippen LogP contribution is -1.76. The molecule has 0 fully saturated rings. The Hall–Kier alpha value is 0.532. The van der Waals surface area contributed by atoms with E-state index >= 15 is 0 Å². The van der Waals surface area contributed by atoms with Crippen LogP contribution in [0.5, 0.6) is 0 Å². The van der Waals surface area contributed by atoms with Crippen molar-refractivity contribution in [3.8, 4) is 0 Å². The van der Waals surface area contributed by atoms with Gasteiger partial charge in [0.05, 0.1) is 0 Å². The highest BCUT2D eigenvalue weighted by atomic mass is 27.1. The van der Waals surface area contributed by atoms with Crippen molar-refractivity contribution >= 4 is 15.1 Å². The molecule has 5 heavy (non-hydrogen) atoms. The molecule has 0 aromatic rings. The van der Waals surface area contributed by atoms with E-state index in [9.17, 15) is 0 Å². The van der Waals surface area contributed by atoms with Crippen molar-refractivity contribution in [3.05, 3.63) is 0 Å². The molecule has 0 heterocycles. The van der Waals surface area contributed by atoms with Gasteiger partial charge in [0.25, 0.3) is 0 Å². The Morgan fingerprint density at radius 3 is 2.00 bits per heavy atom. The lowest BCUT2D eigenvalue weighted by Gasteiger charge is -1.73. The second kappa shape index (κ2) is 4.53. The van der Waals surface area contributed by atoms with Crippen molar-refractivity contribution < 1.29 is 0 Å². The van der Waals surface area contributed by atoms with E-state index in [0.29, 0.717) is 0 Å². The Bertz CT molecular complexity index is 26.7. The van der Waals surface area contributed by atoms with Gasteiger partial charge in [-0.1, -0.05) is 14.8 Å². The zero-order valence-corrected chi connectivity index (χ0v) is 5.15. The average molecular weight is 87.1 g/mol. The van der Waals surface area contributed by atoms with Crippen LogP contribution in [0.4, 0.5) is 0 Å². The first-order valence-corrected chi connectivity index (χ1v) is 3.86. The van der Waals surface area contributed by atoms with Gasteiger partial charge in [-0.15, -0.1) is 10.6 Å². The zero-order chi connectivity index (χ0) is 4.99. The molecule has 0 amide bonds. The van der Waals surface area contributed by atoms with Gasteiger partial charge >= 0.3 is 0 Å². The van der Waals surface area contributed by atoms with Crippen molar-refractivity contribution in [1.82, 2.24) is 0 Å². The SMILES string of the molecule is [2H][Al]([CH2]C)[CH2]C. The van der Waals surface area contributed by atoms with Gasteiger partial charge in [-0.25, -0.2) is 0 Å². The molecule has 0 radical (unpaired) electrons. The number of hydrogen-bond donors (Lipinski definition) is 0. The lowest BCUT2D eigenvalue weighted by molar-refractivity contribution is 1.36. The second-order valence-corrected chi connectivity index (χ2v) is 3.32. The molecule has 30 valence electrons. The van der Waals surface area contributed by atoms with Crippen LogP contribution in [0.25, 0.3) is 0 Å². The van der Waals surface area contributed by atoms with Crippen LogP contribution < -0.4 is 0 Å². The fourth-order valence-electron chi connectivity index (χ4n) is 0.289. The molecule has 1 heteroatoms. The Morgan fingerprint density at radius 1 is 1.60 bits per heavy atom. The molecule has 0 saturated heterocycles. The van der Waals surface area contributed by atoms with E-state index in [1.54, 1.807) is 0 Å². The van der Waals surface area contributed by atoms with Crippen LogP contribution in [0.3, 0.4) is 0 Å². The molecule has 0 spiro atoms. The first-order valence-electron chi connectivity index (χ1n) is 2.81. The Morgan fingerprint density at radius 2 is 2.00 bits per heavy atom. The first kappa shape index (κ1) is 3.71. The molecule has 0 unspecified atom stereocenters. The summed E-state index contributed by atoms with van der Waals surface area (Å²) in [6.07, 6.45) is 0. The smallest absolute Gasteiger partial charge is 0.100 e. The van der Waals surface area contributed by atoms with Gasteiger partial charge in [-0.2, -0.15) is 0 Å². The van der Waals surface area contributed by atoms with E-state index in [2.05, 4.69) is 13.8 Å². The van der Waals surface area contributed by atoms with Crippen molar-refractivity contribution in [2.75, 3.05) is 0 Å². The fourth-order valence-corrected chi connectivity index (χ4v) is 0.866. The monoisotopic (exact) mass is 87.1 g/mol. The topological polar surface area (TPSA) is 0 Å². The molecular formula is C4H11Al. The van der Waals surface area contributed by atoms with Crippen LogP contribution >= 0.6 is 0 Å². The molecule has 0 aromatic heterocycles. The van der Waals surface area contributed by atoms with Gasteiger partial charge in [-0.05, 0) is 0 Å². The maximum atomic E-state index is 7.21. The van der Waals surface area contributed by atoms with E-state index in [1.807, 2.05) is 0 Å². The summed E-state index contributed by atoms with van der Waals surface area (Å²) in [5.41, 5.74) is 0. The summed E-state index contributed by atoms with van der Waals surface area (Å²) < 4.78 is 7.21. The van der Waals surface area contributed by atoms with Crippen LogP contribution in [0.1, 0.15) is 13.8 Å². The largest absolute Gasteiger partial charge is 0.236 e. The summed E-state index contributed by atoms with van der Waals surface area (Å²) in [4.78, 5) is 0. The standard InChI is InChI=1S/2C2H5.Al.H/c2*1-2;;/h2*1H2,2H3;;/i;;;1+1. The summed E-state index contributed by atoms with van der Waals surface area (Å²) in [5, 5.41) is 2.27. The third kappa shape index (κ3) is 4.53. The summed E-state index contributed by atoms with van der Waals surface area (Å²) in [5.74, 6) is 0. The van der Waals surface area contributed by atoms with E-state index in [1.165, 1.54) is 0 Å². The van der Waals surface area contributed by atoms with Crippen LogP contribution in [-0.4, -0.2) is 16.0 Å². The fraction of sp³-hybridized carbons (Fsp3) is 1.00. The highest BCUT2D eigenvalue weighted by Gasteiger charge is 1.76. The molecule has 0 bridgehead atoms. The van der Waals surface area contributed by atoms with Gasteiger partial charge in [0.2, 0.25) is 15.1 Å².